The molecule has 5 heteroatoms. The second kappa shape index (κ2) is 10.5. The van der Waals surface area contributed by atoms with E-state index in [0.717, 1.165) is 12.1 Å². The SMILES string of the molecule is CC[C@H](Oc1ccc(Cl)cc1)C(=O)NCc1ccc(CN2CCCCC2)cc1. The minimum absolute atomic E-state index is 0.102. The lowest BCUT2D eigenvalue weighted by Gasteiger charge is -2.26. The number of carbonyl (C=O) groups is 1. The maximum atomic E-state index is 12.5. The summed E-state index contributed by atoms with van der Waals surface area (Å²) in [5.74, 6) is 0.545. The standard InChI is InChI=1S/C23H29ClN2O2/c1-2-22(28-21-12-10-20(24)11-13-21)23(27)25-16-18-6-8-19(9-7-18)17-26-14-4-3-5-15-26/h6-13,22H,2-5,14-17H2,1H3,(H,25,27)/t22-/m0/s1. The molecule has 150 valence electrons. The van der Waals surface area contributed by atoms with Gasteiger partial charge in [0.1, 0.15) is 5.75 Å². The highest BCUT2D eigenvalue weighted by Gasteiger charge is 2.18. The number of amides is 1. The van der Waals surface area contributed by atoms with Crippen LogP contribution >= 0.6 is 11.6 Å². The van der Waals surface area contributed by atoms with Gasteiger partial charge in [-0.1, -0.05) is 49.2 Å². The Morgan fingerprint density at radius 3 is 2.32 bits per heavy atom. The van der Waals surface area contributed by atoms with E-state index in [1.807, 2.05) is 6.92 Å². The number of ether oxygens (including phenoxy) is 1. The molecular weight excluding hydrogens is 372 g/mol. The number of piperidine rings is 1. The molecule has 3 rings (SSSR count). The second-order valence-electron chi connectivity index (χ2n) is 7.34. The van der Waals surface area contributed by atoms with Crippen molar-refractivity contribution in [3.63, 3.8) is 0 Å². The molecule has 1 aliphatic heterocycles. The zero-order valence-electron chi connectivity index (χ0n) is 16.5. The number of nitrogens with one attached hydrogen (secondary N) is 1. The second-order valence-corrected chi connectivity index (χ2v) is 7.78. The Labute approximate surface area is 172 Å². The molecule has 0 saturated carbocycles. The van der Waals surface area contributed by atoms with Gasteiger partial charge in [0.25, 0.3) is 5.91 Å². The molecule has 1 aliphatic rings. The van der Waals surface area contributed by atoms with Crippen LogP contribution in [0.5, 0.6) is 5.75 Å². The van der Waals surface area contributed by atoms with E-state index in [4.69, 9.17) is 16.3 Å². The Hall–Kier alpha value is -2.04. The van der Waals surface area contributed by atoms with Crippen LogP contribution in [0.2, 0.25) is 5.02 Å². The number of hydrogen-bond acceptors (Lipinski definition) is 3. The summed E-state index contributed by atoms with van der Waals surface area (Å²) >= 11 is 5.89. The molecule has 0 spiro atoms. The van der Waals surface area contributed by atoms with Crippen LogP contribution in [0.3, 0.4) is 0 Å². The van der Waals surface area contributed by atoms with E-state index in [2.05, 4.69) is 34.5 Å². The largest absolute Gasteiger partial charge is 0.481 e. The fourth-order valence-corrected chi connectivity index (χ4v) is 3.57. The van der Waals surface area contributed by atoms with Crippen molar-refractivity contribution >= 4 is 17.5 Å². The van der Waals surface area contributed by atoms with E-state index in [9.17, 15) is 4.79 Å². The van der Waals surface area contributed by atoms with Gasteiger partial charge >= 0.3 is 0 Å². The van der Waals surface area contributed by atoms with Crippen molar-refractivity contribution in [1.82, 2.24) is 10.2 Å². The maximum Gasteiger partial charge on any atom is 0.261 e. The van der Waals surface area contributed by atoms with Crippen molar-refractivity contribution in [2.45, 2.75) is 51.8 Å². The highest BCUT2D eigenvalue weighted by molar-refractivity contribution is 6.30. The Kier molecular flexibility index (Phi) is 7.75. The molecule has 1 N–H and O–H groups in total. The molecule has 1 amide bonds. The molecule has 0 aliphatic carbocycles. The van der Waals surface area contributed by atoms with Crippen LogP contribution < -0.4 is 10.1 Å². The minimum atomic E-state index is -0.514. The van der Waals surface area contributed by atoms with Crippen molar-refractivity contribution in [2.24, 2.45) is 0 Å². The minimum Gasteiger partial charge on any atom is -0.481 e. The van der Waals surface area contributed by atoms with Gasteiger partial charge in [-0.25, -0.2) is 0 Å². The topological polar surface area (TPSA) is 41.6 Å². The van der Waals surface area contributed by atoms with Gasteiger partial charge in [0.15, 0.2) is 6.10 Å². The van der Waals surface area contributed by atoms with Crippen molar-refractivity contribution in [3.8, 4) is 5.75 Å². The lowest BCUT2D eigenvalue weighted by atomic mass is 10.1. The summed E-state index contributed by atoms with van der Waals surface area (Å²) in [4.78, 5) is 15.0. The molecular formula is C23H29ClN2O2. The van der Waals surface area contributed by atoms with Gasteiger partial charge in [-0.2, -0.15) is 0 Å². The van der Waals surface area contributed by atoms with E-state index in [0.29, 0.717) is 23.7 Å². The summed E-state index contributed by atoms with van der Waals surface area (Å²) in [7, 11) is 0. The Bertz CT molecular complexity index is 740. The molecule has 0 bridgehead atoms. The maximum absolute atomic E-state index is 12.5. The van der Waals surface area contributed by atoms with Crippen LogP contribution in [-0.4, -0.2) is 30.0 Å². The number of benzene rings is 2. The van der Waals surface area contributed by atoms with Crippen LogP contribution in [0.15, 0.2) is 48.5 Å². The van der Waals surface area contributed by atoms with E-state index in [1.54, 1.807) is 24.3 Å². The van der Waals surface area contributed by atoms with Crippen molar-refractivity contribution < 1.29 is 9.53 Å². The van der Waals surface area contributed by atoms with Crippen molar-refractivity contribution in [2.75, 3.05) is 13.1 Å². The number of carbonyl (C=O) groups excluding carboxylic acids is 1. The van der Waals surface area contributed by atoms with Crippen molar-refractivity contribution in [1.29, 1.82) is 0 Å². The zero-order valence-corrected chi connectivity index (χ0v) is 17.3. The number of nitrogens with zero attached hydrogens (tertiary/aromatic N) is 1. The third-order valence-electron chi connectivity index (χ3n) is 5.10. The average Bonchev–Trinajstić information content (AvgIpc) is 2.73. The summed E-state index contributed by atoms with van der Waals surface area (Å²) in [5.41, 5.74) is 2.42. The van der Waals surface area contributed by atoms with Crippen LogP contribution in [-0.2, 0) is 17.9 Å². The van der Waals surface area contributed by atoms with E-state index in [1.165, 1.54) is 37.9 Å². The Morgan fingerprint density at radius 2 is 1.68 bits per heavy atom. The quantitative estimate of drug-likeness (QED) is 0.692. The fourth-order valence-electron chi connectivity index (χ4n) is 3.44. The number of hydrogen-bond donors (Lipinski definition) is 1. The predicted molar refractivity (Wildman–Crippen MR) is 114 cm³/mol. The summed E-state index contributed by atoms with van der Waals surface area (Å²) in [6, 6.07) is 15.6. The van der Waals surface area contributed by atoms with E-state index >= 15 is 0 Å². The monoisotopic (exact) mass is 400 g/mol. The molecule has 0 radical (unpaired) electrons. The highest BCUT2D eigenvalue weighted by atomic mass is 35.5. The molecule has 2 aromatic carbocycles. The van der Waals surface area contributed by atoms with Crippen LogP contribution in [0, 0.1) is 0 Å². The number of halogens is 1. The van der Waals surface area contributed by atoms with Gasteiger partial charge in [0, 0.05) is 18.1 Å². The number of rotatable bonds is 8. The molecule has 1 heterocycles. The van der Waals surface area contributed by atoms with Crippen molar-refractivity contribution in [3.05, 3.63) is 64.7 Å². The van der Waals surface area contributed by atoms with Gasteiger partial charge in [-0.15, -0.1) is 0 Å². The zero-order chi connectivity index (χ0) is 19.8. The summed E-state index contributed by atoms with van der Waals surface area (Å²) < 4.78 is 5.80. The van der Waals surface area contributed by atoms with Gasteiger partial charge in [-0.05, 0) is 67.7 Å². The van der Waals surface area contributed by atoms with Gasteiger partial charge in [-0.3, -0.25) is 9.69 Å². The summed E-state index contributed by atoms with van der Waals surface area (Å²) in [6.45, 7) is 5.85. The van der Waals surface area contributed by atoms with Crippen LogP contribution in [0.1, 0.15) is 43.7 Å². The van der Waals surface area contributed by atoms with Gasteiger partial charge in [0.2, 0.25) is 0 Å². The first-order valence-electron chi connectivity index (χ1n) is 10.1. The molecule has 1 fully saturated rings. The third kappa shape index (κ3) is 6.25. The van der Waals surface area contributed by atoms with Crippen LogP contribution in [0.4, 0.5) is 0 Å². The fraction of sp³-hybridized carbons (Fsp3) is 0.435. The predicted octanol–water partition coefficient (Wildman–Crippen LogP) is 4.80. The summed E-state index contributed by atoms with van der Waals surface area (Å²) in [6.07, 6.45) is 4.06. The smallest absolute Gasteiger partial charge is 0.261 e. The molecule has 1 atom stereocenters. The first-order valence-corrected chi connectivity index (χ1v) is 10.5. The van der Waals surface area contributed by atoms with E-state index < -0.39 is 6.10 Å². The molecule has 28 heavy (non-hydrogen) atoms. The lowest BCUT2D eigenvalue weighted by Crippen LogP contribution is -2.37. The third-order valence-corrected chi connectivity index (χ3v) is 5.35. The Balaban J connectivity index is 1.47. The van der Waals surface area contributed by atoms with Gasteiger partial charge < -0.3 is 10.1 Å². The van der Waals surface area contributed by atoms with E-state index in [-0.39, 0.29) is 5.91 Å². The average molecular weight is 401 g/mol. The normalized spacial score (nSPS) is 15.8. The Morgan fingerprint density at radius 1 is 1.04 bits per heavy atom. The first kappa shape index (κ1) is 20.7. The summed E-state index contributed by atoms with van der Waals surface area (Å²) in [5, 5.41) is 3.63. The molecule has 1 saturated heterocycles. The van der Waals surface area contributed by atoms with Gasteiger partial charge in [0.05, 0.1) is 0 Å². The molecule has 4 nitrogen and oxygen atoms in total. The van der Waals surface area contributed by atoms with Crippen LogP contribution in [0.25, 0.3) is 0 Å². The highest BCUT2D eigenvalue weighted by Crippen LogP contribution is 2.18. The number of likely N-dealkylation sites (tertiary alicyclic amines) is 1. The lowest BCUT2D eigenvalue weighted by molar-refractivity contribution is -0.128. The molecule has 0 unspecified atom stereocenters. The molecule has 0 aromatic heterocycles. The first-order chi connectivity index (χ1) is 13.6. The molecule has 2 aromatic rings.